The number of nitrogens with zero attached hydrogens (tertiary/aromatic N) is 2. The molecule has 1 aliphatic heterocycles. The summed E-state index contributed by atoms with van der Waals surface area (Å²) in [5.74, 6) is -0.580. The van der Waals surface area contributed by atoms with Gasteiger partial charge in [0.05, 0.1) is 13.1 Å². The number of nitrogens with one attached hydrogen (secondary N) is 1. The van der Waals surface area contributed by atoms with Crippen LogP contribution in [-0.4, -0.2) is 79.0 Å². The first-order valence-electron chi connectivity index (χ1n) is 7.19. The molecule has 0 amide bonds. The highest BCUT2D eigenvalue weighted by Gasteiger charge is 2.24. The summed E-state index contributed by atoms with van der Waals surface area (Å²) in [4.78, 5) is 26.9. The number of carboxylic acid groups (broad SMARTS) is 1. The number of hydrogen-bond donors (Lipinski definition) is 2. The second kappa shape index (κ2) is 7.71. The van der Waals surface area contributed by atoms with Crippen LogP contribution in [0.1, 0.15) is 20.8 Å². The van der Waals surface area contributed by atoms with Gasteiger partial charge in [-0.2, -0.15) is 0 Å². The summed E-state index contributed by atoms with van der Waals surface area (Å²) in [6, 6.07) is 0. The Morgan fingerprint density at radius 3 is 1.95 bits per heavy atom. The van der Waals surface area contributed by atoms with Crippen LogP contribution in [-0.2, 0) is 9.59 Å². The number of carbonyl (C=O) groups is 2. The van der Waals surface area contributed by atoms with Crippen LogP contribution in [0.3, 0.4) is 0 Å². The molecule has 2 N–H and O–H groups in total. The van der Waals surface area contributed by atoms with E-state index in [9.17, 15) is 9.59 Å². The second-order valence-corrected chi connectivity index (χ2v) is 6.37. The van der Waals surface area contributed by atoms with Gasteiger partial charge in [0.1, 0.15) is 0 Å². The van der Waals surface area contributed by atoms with Crippen LogP contribution in [0.5, 0.6) is 0 Å². The summed E-state index contributed by atoms with van der Waals surface area (Å²) in [7, 11) is 0. The molecule has 0 spiro atoms. The number of ketones is 1. The van der Waals surface area contributed by atoms with Gasteiger partial charge in [-0.25, -0.2) is 0 Å². The average Bonchev–Trinajstić information content (AvgIpc) is 2.41. The minimum Gasteiger partial charge on any atom is -0.480 e. The fraction of sp³-hybridized carbons (Fsp3) is 0.857. The van der Waals surface area contributed by atoms with Gasteiger partial charge < -0.3 is 10.4 Å². The third-order valence-corrected chi connectivity index (χ3v) is 3.50. The van der Waals surface area contributed by atoms with E-state index in [-0.39, 0.29) is 17.7 Å². The number of rotatable bonds is 4. The molecule has 0 aromatic carbocycles. The smallest absolute Gasteiger partial charge is 0.317 e. The predicted molar refractivity (Wildman–Crippen MR) is 77.8 cm³/mol. The van der Waals surface area contributed by atoms with Crippen molar-refractivity contribution in [2.75, 3.05) is 52.4 Å². The Morgan fingerprint density at radius 1 is 1.00 bits per heavy atom. The molecule has 0 aromatic rings. The highest BCUT2D eigenvalue weighted by Crippen LogP contribution is 2.15. The van der Waals surface area contributed by atoms with Gasteiger partial charge in [-0.05, 0) is 0 Å². The van der Waals surface area contributed by atoms with Crippen molar-refractivity contribution in [3.8, 4) is 0 Å². The van der Waals surface area contributed by atoms with Gasteiger partial charge >= 0.3 is 5.97 Å². The average molecular weight is 285 g/mol. The van der Waals surface area contributed by atoms with E-state index >= 15 is 0 Å². The number of Topliss-reactive ketones (excluding diaryl/α,β-unsaturated/α-hetero) is 1. The van der Waals surface area contributed by atoms with E-state index in [1.54, 1.807) is 0 Å². The molecule has 1 rings (SSSR count). The van der Waals surface area contributed by atoms with Gasteiger partial charge in [-0.15, -0.1) is 0 Å². The molecular formula is C14H27N3O3. The van der Waals surface area contributed by atoms with Crippen LogP contribution in [0, 0.1) is 5.41 Å². The molecule has 0 bridgehead atoms. The van der Waals surface area contributed by atoms with Crippen molar-refractivity contribution in [2.45, 2.75) is 20.8 Å². The lowest BCUT2D eigenvalue weighted by Gasteiger charge is -2.27. The van der Waals surface area contributed by atoms with Crippen molar-refractivity contribution in [1.29, 1.82) is 0 Å². The van der Waals surface area contributed by atoms with E-state index < -0.39 is 5.97 Å². The van der Waals surface area contributed by atoms with Crippen molar-refractivity contribution in [3.63, 3.8) is 0 Å². The largest absolute Gasteiger partial charge is 0.480 e. The Hall–Kier alpha value is -0.980. The summed E-state index contributed by atoms with van der Waals surface area (Å²) < 4.78 is 0. The van der Waals surface area contributed by atoms with Gasteiger partial charge in [0.2, 0.25) is 0 Å². The molecule has 0 atom stereocenters. The van der Waals surface area contributed by atoms with Crippen molar-refractivity contribution >= 4 is 11.8 Å². The minimum atomic E-state index is -0.804. The minimum absolute atomic E-state index is 0.0583. The molecule has 116 valence electrons. The van der Waals surface area contributed by atoms with Crippen LogP contribution in [0.15, 0.2) is 0 Å². The first kappa shape index (κ1) is 17.1. The van der Waals surface area contributed by atoms with Gasteiger partial charge in [0.15, 0.2) is 5.78 Å². The van der Waals surface area contributed by atoms with Gasteiger partial charge in [0.25, 0.3) is 0 Å². The fourth-order valence-corrected chi connectivity index (χ4v) is 2.05. The zero-order chi connectivity index (χ0) is 15.2. The standard InChI is InChI=1S/C14H27N3O3/c1-14(2,3)12(18)10-16-6-4-15-5-7-17(9-8-16)11-13(19)20/h15H,4-11H2,1-3H3,(H,19,20). The van der Waals surface area contributed by atoms with E-state index in [1.807, 2.05) is 25.7 Å². The van der Waals surface area contributed by atoms with Crippen molar-refractivity contribution in [1.82, 2.24) is 15.1 Å². The second-order valence-electron chi connectivity index (χ2n) is 6.37. The maximum absolute atomic E-state index is 12.1. The molecule has 1 aliphatic rings. The van der Waals surface area contributed by atoms with E-state index in [1.165, 1.54) is 0 Å². The molecule has 6 nitrogen and oxygen atoms in total. The number of carboxylic acids is 1. The first-order chi connectivity index (χ1) is 9.29. The molecule has 1 fully saturated rings. The van der Waals surface area contributed by atoms with Crippen molar-refractivity contribution < 1.29 is 14.7 Å². The summed E-state index contributed by atoms with van der Waals surface area (Å²) in [5, 5.41) is 12.2. The van der Waals surface area contributed by atoms with Crippen LogP contribution in [0.25, 0.3) is 0 Å². The fourth-order valence-electron chi connectivity index (χ4n) is 2.05. The van der Waals surface area contributed by atoms with E-state index in [4.69, 9.17) is 5.11 Å². The topological polar surface area (TPSA) is 72.9 Å². The van der Waals surface area contributed by atoms with Crippen molar-refractivity contribution in [2.24, 2.45) is 5.41 Å². The molecule has 1 heterocycles. The number of hydrogen-bond acceptors (Lipinski definition) is 5. The molecule has 20 heavy (non-hydrogen) atoms. The molecule has 0 radical (unpaired) electrons. The van der Waals surface area contributed by atoms with Crippen molar-refractivity contribution in [3.05, 3.63) is 0 Å². The van der Waals surface area contributed by atoms with Crippen LogP contribution in [0.4, 0.5) is 0 Å². The summed E-state index contributed by atoms with van der Waals surface area (Å²) >= 11 is 0. The van der Waals surface area contributed by atoms with Gasteiger partial charge in [-0.3, -0.25) is 19.4 Å². The van der Waals surface area contributed by atoms with Gasteiger partial charge in [-0.1, -0.05) is 20.8 Å². The van der Waals surface area contributed by atoms with Gasteiger partial charge in [0, 0.05) is 44.7 Å². The summed E-state index contributed by atoms with van der Waals surface area (Å²) in [6.45, 7) is 10.9. The Kier molecular flexibility index (Phi) is 6.58. The van der Waals surface area contributed by atoms with E-state index in [2.05, 4.69) is 10.2 Å². The maximum Gasteiger partial charge on any atom is 0.317 e. The van der Waals surface area contributed by atoms with Crippen LogP contribution < -0.4 is 5.32 Å². The third kappa shape index (κ3) is 6.45. The highest BCUT2D eigenvalue weighted by molar-refractivity contribution is 5.85. The van der Waals surface area contributed by atoms with E-state index in [0.29, 0.717) is 13.1 Å². The summed E-state index contributed by atoms with van der Waals surface area (Å²) in [5.41, 5.74) is -0.327. The Balaban J connectivity index is 2.54. The number of aliphatic carboxylic acids is 1. The molecule has 1 saturated heterocycles. The third-order valence-electron chi connectivity index (χ3n) is 3.50. The molecule has 6 heteroatoms. The van der Waals surface area contributed by atoms with Crippen LogP contribution >= 0.6 is 0 Å². The lowest BCUT2D eigenvalue weighted by atomic mass is 9.90. The molecule has 0 aliphatic carbocycles. The quantitative estimate of drug-likeness (QED) is 0.751. The lowest BCUT2D eigenvalue weighted by molar-refractivity contribution is -0.138. The van der Waals surface area contributed by atoms with Crippen LogP contribution in [0.2, 0.25) is 0 Å². The van der Waals surface area contributed by atoms with E-state index in [0.717, 1.165) is 32.7 Å². The summed E-state index contributed by atoms with van der Waals surface area (Å²) in [6.07, 6.45) is 0. The Bertz CT molecular complexity index is 339. The Morgan fingerprint density at radius 2 is 1.50 bits per heavy atom. The lowest BCUT2D eigenvalue weighted by Crippen LogP contribution is -2.42. The predicted octanol–water partition coefficient (Wildman–Crippen LogP) is -0.107. The Labute approximate surface area is 121 Å². The molecule has 0 aromatic heterocycles. The highest BCUT2D eigenvalue weighted by atomic mass is 16.4. The zero-order valence-electron chi connectivity index (χ0n) is 12.8. The molecule has 0 unspecified atom stereocenters. The SMILES string of the molecule is CC(C)(C)C(=O)CN1CCNCCN(CC(=O)O)CC1. The number of carbonyl (C=O) groups excluding carboxylic acids is 1. The maximum atomic E-state index is 12.1. The molecule has 0 saturated carbocycles. The first-order valence-corrected chi connectivity index (χ1v) is 7.19. The monoisotopic (exact) mass is 285 g/mol. The zero-order valence-corrected chi connectivity index (χ0v) is 12.8. The normalized spacial score (nSPS) is 19.9. The molecular weight excluding hydrogens is 258 g/mol.